The first kappa shape index (κ1) is 22.4. The standard InChI is InChI=1S/C13H24O5S.Na/c1-3-5-6-7-8-9-10-12(11-19(15,16)17)18-13(14)4-2;/h4,12H,2-3,5-11H2,1H3,(H,15,16,17);/q;+1/p-1. The molecule has 1 unspecified atom stereocenters. The summed E-state index contributed by atoms with van der Waals surface area (Å²) in [5, 5.41) is 0. The summed E-state index contributed by atoms with van der Waals surface area (Å²) in [6.07, 6.45) is 6.75. The van der Waals surface area contributed by atoms with Gasteiger partial charge in [-0.2, -0.15) is 0 Å². The van der Waals surface area contributed by atoms with Crippen LogP contribution in [0.15, 0.2) is 12.7 Å². The fourth-order valence-electron chi connectivity index (χ4n) is 1.77. The van der Waals surface area contributed by atoms with Crippen LogP contribution in [0.5, 0.6) is 0 Å². The Morgan fingerprint density at radius 1 is 1.25 bits per heavy atom. The number of hydrogen-bond donors (Lipinski definition) is 0. The Bertz CT molecular complexity index is 367. The van der Waals surface area contributed by atoms with Crippen LogP contribution in [0, 0.1) is 0 Å². The van der Waals surface area contributed by atoms with Crippen molar-refractivity contribution in [2.24, 2.45) is 0 Å². The van der Waals surface area contributed by atoms with E-state index in [1.165, 1.54) is 6.42 Å². The molecule has 0 aliphatic carbocycles. The molecule has 0 saturated carbocycles. The second kappa shape index (κ2) is 12.8. The maximum absolute atomic E-state index is 11.0. The van der Waals surface area contributed by atoms with Crippen molar-refractivity contribution in [3.63, 3.8) is 0 Å². The van der Waals surface area contributed by atoms with E-state index < -0.39 is 27.9 Å². The molecule has 0 aromatic heterocycles. The molecule has 0 aromatic rings. The molecular formula is C13H23NaO5S. The molecule has 0 aliphatic rings. The Morgan fingerprint density at radius 2 is 1.80 bits per heavy atom. The van der Waals surface area contributed by atoms with E-state index >= 15 is 0 Å². The first-order valence-electron chi connectivity index (χ1n) is 6.65. The molecule has 0 amide bonds. The Morgan fingerprint density at radius 3 is 2.30 bits per heavy atom. The van der Waals surface area contributed by atoms with Crippen molar-refractivity contribution in [1.82, 2.24) is 0 Å². The zero-order chi connectivity index (χ0) is 14.7. The first-order valence-corrected chi connectivity index (χ1v) is 8.23. The van der Waals surface area contributed by atoms with Gasteiger partial charge in [0.2, 0.25) is 0 Å². The van der Waals surface area contributed by atoms with E-state index in [4.69, 9.17) is 4.74 Å². The van der Waals surface area contributed by atoms with E-state index in [1.807, 2.05) is 0 Å². The van der Waals surface area contributed by atoms with E-state index in [1.54, 1.807) is 0 Å². The van der Waals surface area contributed by atoms with E-state index in [0.29, 0.717) is 6.42 Å². The van der Waals surface area contributed by atoms with Crippen molar-refractivity contribution in [3.8, 4) is 0 Å². The summed E-state index contributed by atoms with van der Waals surface area (Å²) in [6.45, 7) is 5.37. The van der Waals surface area contributed by atoms with Crippen LogP contribution >= 0.6 is 0 Å². The van der Waals surface area contributed by atoms with Gasteiger partial charge in [-0.25, -0.2) is 13.2 Å². The number of carbonyl (C=O) groups excluding carboxylic acids is 1. The van der Waals surface area contributed by atoms with Crippen molar-refractivity contribution in [2.45, 2.75) is 58.0 Å². The predicted molar refractivity (Wildman–Crippen MR) is 72.6 cm³/mol. The van der Waals surface area contributed by atoms with Gasteiger partial charge in [-0.3, -0.25) is 0 Å². The molecule has 1 atom stereocenters. The summed E-state index contributed by atoms with van der Waals surface area (Å²) in [5.74, 6) is -1.36. The molecule has 0 aromatic carbocycles. The Labute approximate surface area is 144 Å². The van der Waals surface area contributed by atoms with Crippen LogP contribution in [0.25, 0.3) is 0 Å². The molecule has 112 valence electrons. The summed E-state index contributed by atoms with van der Waals surface area (Å²) in [5.41, 5.74) is 0. The van der Waals surface area contributed by atoms with Gasteiger partial charge in [0, 0.05) is 6.08 Å². The Hall–Kier alpha value is 0.120. The summed E-state index contributed by atoms with van der Waals surface area (Å²) in [4.78, 5) is 11.0. The quantitative estimate of drug-likeness (QED) is 0.167. The van der Waals surface area contributed by atoms with E-state index in [9.17, 15) is 17.8 Å². The normalized spacial score (nSPS) is 12.3. The molecule has 7 heteroatoms. The summed E-state index contributed by atoms with van der Waals surface area (Å²) in [6, 6.07) is 0. The smallest absolute Gasteiger partial charge is 0.748 e. The van der Waals surface area contributed by atoms with Gasteiger partial charge in [-0.15, -0.1) is 0 Å². The van der Waals surface area contributed by atoms with Crippen LogP contribution in [0.4, 0.5) is 0 Å². The topological polar surface area (TPSA) is 83.5 Å². The molecule has 5 nitrogen and oxygen atoms in total. The van der Waals surface area contributed by atoms with Crippen molar-refractivity contribution >= 4 is 16.1 Å². The fraction of sp³-hybridized carbons (Fsp3) is 0.769. The SMILES string of the molecule is C=CC(=O)OC(CCCCCCCC)CS(=O)(=O)[O-].[Na+]. The molecule has 0 radical (unpaired) electrons. The van der Waals surface area contributed by atoms with Gasteiger partial charge in [0.25, 0.3) is 0 Å². The second-order valence-electron chi connectivity index (χ2n) is 4.54. The maximum Gasteiger partial charge on any atom is 1.00 e. The third-order valence-corrected chi connectivity index (χ3v) is 3.50. The zero-order valence-electron chi connectivity index (χ0n) is 12.5. The molecule has 0 saturated heterocycles. The van der Waals surface area contributed by atoms with Gasteiger partial charge in [0.15, 0.2) is 0 Å². The average Bonchev–Trinajstić information content (AvgIpc) is 2.31. The van der Waals surface area contributed by atoms with Gasteiger partial charge >= 0.3 is 35.5 Å². The third-order valence-electron chi connectivity index (χ3n) is 2.72. The first-order chi connectivity index (χ1) is 8.89. The minimum Gasteiger partial charge on any atom is -0.748 e. The van der Waals surface area contributed by atoms with E-state index in [-0.39, 0.29) is 29.6 Å². The molecule has 0 N–H and O–H groups in total. The largest absolute Gasteiger partial charge is 1.00 e. The Kier molecular flexibility index (Phi) is 14.4. The van der Waals surface area contributed by atoms with Crippen molar-refractivity contribution < 1.29 is 52.1 Å². The van der Waals surface area contributed by atoms with Crippen LogP contribution in [-0.4, -0.2) is 30.8 Å². The molecule has 0 rings (SSSR count). The second-order valence-corrected chi connectivity index (χ2v) is 5.99. The molecule has 20 heavy (non-hydrogen) atoms. The molecular weight excluding hydrogens is 291 g/mol. The number of ether oxygens (including phenoxy) is 1. The van der Waals surface area contributed by atoms with Gasteiger partial charge in [-0.1, -0.05) is 45.6 Å². The number of rotatable bonds is 11. The third kappa shape index (κ3) is 14.5. The monoisotopic (exact) mass is 314 g/mol. The number of carbonyl (C=O) groups is 1. The van der Waals surface area contributed by atoms with Crippen molar-refractivity contribution in [1.29, 1.82) is 0 Å². The molecule has 0 heterocycles. The minimum absolute atomic E-state index is 0. The minimum atomic E-state index is -4.39. The summed E-state index contributed by atoms with van der Waals surface area (Å²) < 4.78 is 37.0. The van der Waals surface area contributed by atoms with Crippen LogP contribution in [0.2, 0.25) is 0 Å². The summed E-state index contributed by atoms with van der Waals surface area (Å²) >= 11 is 0. The van der Waals surface area contributed by atoms with Gasteiger partial charge < -0.3 is 9.29 Å². The van der Waals surface area contributed by atoms with Crippen molar-refractivity contribution in [3.05, 3.63) is 12.7 Å². The predicted octanol–water partition coefficient (Wildman–Crippen LogP) is -0.616. The maximum atomic E-state index is 11.0. The number of unbranched alkanes of at least 4 members (excludes halogenated alkanes) is 5. The molecule has 0 bridgehead atoms. The molecule has 0 aliphatic heterocycles. The van der Waals surface area contributed by atoms with Crippen LogP contribution in [-0.2, 0) is 19.6 Å². The van der Waals surface area contributed by atoms with Crippen molar-refractivity contribution in [2.75, 3.05) is 5.75 Å². The molecule has 0 spiro atoms. The number of esters is 1. The fourth-order valence-corrected chi connectivity index (χ4v) is 2.46. The Balaban J connectivity index is 0. The van der Waals surface area contributed by atoms with Crippen LogP contribution < -0.4 is 29.6 Å². The summed E-state index contributed by atoms with van der Waals surface area (Å²) in [7, 11) is -4.39. The van der Waals surface area contributed by atoms with Gasteiger partial charge in [-0.05, 0) is 12.8 Å². The number of hydrogen-bond acceptors (Lipinski definition) is 5. The van der Waals surface area contributed by atoms with Gasteiger partial charge in [0.1, 0.15) is 6.10 Å². The molecule has 0 fully saturated rings. The van der Waals surface area contributed by atoms with E-state index in [0.717, 1.165) is 38.2 Å². The van der Waals surface area contributed by atoms with Gasteiger partial charge in [0.05, 0.1) is 15.9 Å². The van der Waals surface area contributed by atoms with E-state index in [2.05, 4.69) is 13.5 Å². The average molecular weight is 314 g/mol. The van der Waals surface area contributed by atoms with Crippen LogP contribution in [0.3, 0.4) is 0 Å². The van der Waals surface area contributed by atoms with Crippen LogP contribution in [0.1, 0.15) is 51.9 Å². The zero-order valence-corrected chi connectivity index (χ0v) is 15.3.